The lowest BCUT2D eigenvalue weighted by Crippen LogP contribution is -2.35. The molecular formula is C17H27NO. The van der Waals surface area contributed by atoms with E-state index in [1.54, 1.807) is 7.11 Å². The standard InChI is InChI=1S/C17H27NO/c1-3-11-18-16(12-14-5-4-6-14)13-15-7-9-17(19-2)10-8-15/h7-10,14,16,18H,3-6,11-13H2,1-2H3. The Balaban J connectivity index is 1.88. The van der Waals surface area contributed by atoms with Gasteiger partial charge in [0, 0.05) is 6.04 Å². The molecule has 2 rings (SSSR count). The molecular weight excluding hydrogens is 234 g/mol. The van der Waals surface area contributed by atoms with Crippen molar-refractivity contribution >= 4 is 0 Å². The lowest BCUT2D eigenvalue weighted by Gasteiger charge is -2.30. The van der Waals surface area contributed by atoms with E-state index >= 15 is 0 Å². The van der Waals surface area contributed by atoms with Crippen molar-refractivity contribution in [3.05, 3.63) is 29.8 Å². The van der Waals surface area contributed by atoms with Crippen molar-refractivity contribution < 1.29 is 4.74 Å². The van der Waals surface area contributed by atoms with E-state index in [1.807, 2.05) is 0 Å². The molecule has 1 atom stereocenters. The predicted molar refractivity (Wildman–Crippen MR) is 80.7 cm³/mol. The van der Waals surface area contributed by atoms with E-state index in [0.717, 1.165) is 24.6 Å². The zero-order valence-corrected chi connectivity index (χ0v) is 12.3. The van der Waals surface area contributed by atoms with Gasteiger partial charge in [-0.15, -0.1) is 0 Å². The first-order chi connectivity index (χ1) is 9.31. The lowest BCUT2D eigenvalue weighted by molar-refractivity contribution is 0.259. The maximum Gasteiger partial charge on any atom is 0.118 e. The van der Waals surface area contributed by atoms with Crippen LogP contribution in [-0.4, -0.2) is 19.7 Å². The van der Waals surface area contributed by atoms with Gasteiger partial charge in [-0.3, -0.25) is 0 Å². The summed E-state index contributed by atoms with van der Waals surface area (Å²) >= 11 is 0. The molecule has 0 radical (unpaired) electrons. The van der Waals surface area contributed by atoms with Crippen LogP contribution < -0.4 is 10.1 Å². The summed E-state index contributed by atoms with van der Waals surface area (Å²) in [5.74, 6) is 1.91. The van der Waals surface area contributed by atoms with E-state index in [0.29, 0.717) is 6.04 Å². The fraction of sp³-hybridized carbons (Fsp3) is 0.647. The predicted octanol–water partition coefficient (Wildman–Crippen LogP) is 3.80. The highest BCUT2D eigenvalue weighted by Crippen LogP contribution is 2.31. The van der Waals surface area contributed by atoms with Crippen LogP contribution in [0.4, 0.5) is 0 Å². The van der Waals surface area contributed by atoms with Gasteiger partial charge in [0.1, 0.15) is 5.75 Å². The molecule has 1 aliphatic rings. The van der Waals surface area contributed by atoms with Crippen LogP contribution in [0.1, 0.15) is 44.6 Å². The normalized spacial score (nSPS) is 16.9. The molecule has 0 spiro atoms. The van der Waals surface area contributed by atoms with Crippen molar-refractivity contribution in [3.63, 3.8) is 0 Å². The first kappa shape index (κ1) is 14.4. The molecule has 1 unspecified atom stereocenters. The number of rotatable bonds is 8. The van der Waals surface area contributed by atoms with Crippen LogP contribution in [0.15, 0.2) is 24.3 Å². The van der Waals surface area contributed by atoms with Crippen LogP contribution in [0.3, 0.4) is 0 Å². The molecule has 2 nitrogen and oxygen atoms in total. The van der Waals surface area contributed by atoms with E-state index in [9.17, 15) is 0 Å². The Labute approximate surface area is 117 Å². The van der Waals surface area contributed by atoms with E-state index in [1.165, 1.54) is 37.7 Å². The summed E-state index contributed by atoms with van der Waals surface area (Å²) in [4.78, 5) is 0. The molecule has 0 bridgehead atoms. The van der Waals surface area contributed by atoms with Crippen LogP contribution in [0.5, 0.6) is 5.75 Å². The summed E-state index contributed by atoms with van der Waals surface area (Å²) < 4.78 is 5.21. The zero-order chi connectivity index (χ0) is 13.5. The largest absolute Gasteiger partial charge is 0.497 e. The lowest BCUT2D eigenvalue weighted by atomic mass is 9.80. The molecule has 1 aromatic rings. The molecule has 0 amide bonds. The topological polar surface area (TPSA) is 21.3 Å². The minimum atomic E-state index is 0.638. The fourth-order valence-electron chi connectivity index (χ4n) is 2.76. The summed E-state index contributed by atoms with van der Waals surface area (Å²) in [5.41, 5.74) is 1.41. The summed E-state index contributed by atoms with van der Waals surface area (Å²) in [5, 5.41) is 3.71. The molecule has 0 aromatic heterocycles. The van der Waals surface area contributed by atoms with Gasteiger partial charge in [-0.2, -0.15) is 0 Å². The van der Waals surface area contributed by atoms with Gasteiger partial charge in [-0.1, -0.05) is 38.3 Å². The van der Waals surface area contributed by atoms with Crippen LogP contribution >= 0.6 is 0 Å². The second-order valence-electron chi connectivity index (χ2n) is 5.74. The Kier molecular flexibility index (Phi) is 5.71. The Hall–Kier alpha value is -1.02. The molecule has 1 fully saturated rings. The third-order valence-corrected chi connectivity index (χ3v) is 4.17. The monoisotopic (exact) mass is 261 g/mol. The minimum absolute atomic E-state index is 0.638. The molecule has 106 valence electrons. The quantitative estimate of drug-likeness (QED) is 0.768. The highest BCUT2D eigenvalue weighted by atomic mass is 16.5. The fourth-order valence-corrected chi connectivity index (χ4v) is 2.76. The molecule has 1 N–H and O–H groups in total. The van der Waals surface area contributed by atoms with Crippen LogP contribution in [0.25, 0.3) is 0 Å². The molecule has 0 saturated heterocycles. The van der Waals surface area contributed by atoms with Crippen molar-refractivity contribution in [2.75, 3.05) is 13.7 Å². The highest BCUT2D eigenvalue weighted by molar-refractivity contribution is 5.27. The Morgan fingerprint density at radius 2 is 2.00 bits per heavy atom. The van der Waals surface area contributed by atoms with Crippen LogP contribution in [0, 0.1) is 5.92 Å². The van der Waals surface area contributed by atoms with Crippen molar-refractivity contribution in [3.8, 4) is 5.75 Å². The van der Waals surface area contributed by atoms with E-state index in [4.69, 9.17) is 4.74 Å². The van der Waals surface area contributed by atoms with E-state index in [2.05, 4.69) is 36.5 Å². The maximum absolute atomic E-state index is 5.21. The Bertz CT molecular complexity index is 356. The average Bonchev–Trinajstić information content (AvgIpc) is 2.40. The van der Waals surface area contributed by atoms with Crippen LogP contribution in [0.2, 0.25) is 0 Å². The van der Waals surface area contributed by atoms with Crippen LogP contribution in [-0.2, 0) is 6.42 Å². The first-order valence-corrected chi connectivity index (χ1v) is 7.68. The summed E-state index contributed by atoms with van der Waals surface area (Å²) in [6, 6.07) is 9.16. The molecule has 1 saturated carbocycles. The van der Waals surface area contributed by atoms with Gasteiger partial charge in [-0.25, -0.2) is 0 Å². The smallest absolute Gasteiger partial charge is 0.118 e. The molecule has 2 heteroatoms. The molecule has 19 heavy (non-hydrogen) atoms. The van der Waals surface area contributed by atoms with Gasteiger partial charge < -0.3 is 10.1 Å². The summed E-state index contributed by atoms with van der Waals surface area (Å²) in [6.07, 6.45) is 8.00. The zero-order valence-electron chi connectivity index (χ0n) is 12.3. The van der Waals surface area contributed by atoms with E-state index < -0.39 is 0 Å². The highest BCUT2D eigenvalue weighted by Gasteiger charge is 2.21. The number of benzene rings is 1. The third kappa shape index (κ3) is 4.54. The third-order valence-electron chi connectivity index (χ3n) is 4.17. The molecule has 0 aliphatic heterocycles. The SMILES string of the molecule is CCCNC(Cc1ccc(OC)cc1)CC1CCC1. The molecule has 1 aliphatic carbocycles. The number of nitrogens with one attached hydrogen (secondary N) is 1. The Morgan fingerprint density at radius 1 is 1.26 bits per heavy atom. The van der Waals surface area contributed by atoms with Crippen molar-refractivity contribution in [2.45, 2.75) is 51.5 Å². The van der Waals surface area contributed by atoms with Gasteiger partial charge in [0.25, 0.3) is 0 Å². The van der Waals surface area contributed by atoms with E-state index in [-0.39, 0.29) is 0 Å². The van der Waals surface area contributed by atoms with Gasteiger partial charge in [-0.05, 0) is 49.4 Å². The van der Waals surface area contributed by atoms with Gasteiger partial charge in [0.05, 0.1) is 7.11 Å². The minimum Gasteiger partial charge on any atom is -0.497 e. The van der Waals surface area contributed by atoms with Crippen molar-refractivity contribution in [1.82, 2.24) is 5.32 Å². The average molecular weight is 261 g/mol. The summed E-state index contributed by atoms with van der Waals surface area (Å²) in [7, 11) is 1.72. The first-order valence-electron chi connectivity index (χ1n) is 7.68. The number of ether oxygens (including phenoxy) is 1. The Morgan fingerprint density at radius 3 is 2.53 bits per heavy atom. The maximum atomic E-state index is 5.21. The number of hydrogen-bond acceptors (Lipinski definition) is 2. The van der Waals surface area contributed by atoms with Crippen molar-refractivity contribution in [2.24, 2.45) is 5.92 Å². The molecule has 0 heterocycles. The van der Waals surface area contributed by atoms with Crippen molar-refractivity contribution in [1.29, 1.82) is 0 Å². The van der Waals surface area contributed by atoms with Gasteiger partial charge in [0.15, 0.2) is 0 Å². The second kappa shape index (κ2) is 7.54. The number of hydrogen-bond donors (Lipinski definition) is 1. The number of methoxy groups -OCH3 is 1. The molecule has 1 aromatic carbocycles. The van der Waals surface area contributed by atoms with Gasteiger partial charge in [0.2, 0.25) is 0 Å². The summed E-state index contributed by atoms with van der Waals surface area (Å²) in [6.45, 7) is 3.37. The second-order valence-corrected chi connectivity index (χ2v) is 5.74. The van der Waals surface area contributed by atoms with Gasteiger partial charge >= 0.3 is 0 Å².